The van der Waals surface area contributed by atoms with Crippen molar-refractivity contribution in [2.24, 2.45) is 0 Å². The Bertz CT molecular complexity index is 798. The molecule has 0 saturated heterocycles. The van der Waals surface area contributed by atoms with Gasteiger partial charge in [-0.15, -0.1) is 0 Å². The second kappa shape index (κ2) is 12.1. The van der Waals surface area contributed by atoms with Gasteiger partial charge in [-0.1, -0.05) is 19.3 Å². The first-order valence-corrected chi connectivity index (χ1v) is 10.6. The number of nitro groups is 1. The van der Waals surface area contributed by atoms with Crippen LogP contribution in [0.3, 0.4) is 0 Å². The number of nitrogens with zero attached hydrogens (tertiary/aromatic N) is 1. The fourth-order valence-electron chi connectivity index (χ4n) is 3.43. The average Bonchev–Trinajstić information content (AvgIpc) is 2.74. The maximum Gasteiger partial charge on any atom is 0.416 e. The number of nitro benzene ring substituents is 1. The van der Waals surface area contributed by atoms with E-state index in [9.17, 15) is 32.9 Å². The highest BCUT2D eigenvalue weighted by atomic mass is 19.4. The lowest BCUT2D eigenvalue weighted by Gasteiger charge is -2.22. The minimum Gasteiger partial charge on any atom is -0.378 e. The molecular weight excluding hydrogens is 431 g/mol. The van der Waals surface area contributed by atoms with E-state index in [1.165, 1.54) is 6.42 Å². The van der Waals surface area contributed by atoms with Crippen LogP contribution in [0.2, 0.25) is 0 Å². The Labute approximate surface area is 183 Å². The number of alkyl halides is 3. The van der Waals surface area contributed by atoms with Crippen molar-refractivity contribution in [1.82, 2.24) is 16.0 Å². The first-order valence-electron chi connectivity index (χ1n) is 10.6. The molecule has 4 N–H and O–H groups in total. The third kappa shape index (κ3) is 8.60. The summed E-state index contributed by atoms with van der Waals surface area (Å²) in [4.78, 5) is 33.8. The Morgan fingerprint density at radius 1 is 1.06 bits per heavy atom. The van der Waals surface area contributed by atoms with E-state index in [-0.39, 0.29) is 43.2 Å². The third-order valence-corrected chi connectivity index (χ3v) is 5.09. The summed E-state index contributed by atoms with van der Waals surface area (Å²) in [5, 5.41) is 22.0. The Kier molecular flexibility index (Phi) is 9.54. The van der Waals surface area contributed by atoms with Crippen molar-refractivity contribution in [2.45, 2.75) is 57.2 Å². The van der Waals surface area contributed by atoms with Crippen LogP contribution in [0, 0.1) is 10.1 Å². The van der Waals surface area contributed by atoms with Crippen molar-refractivity contribution in [1.29, 1.82) is 0 Å². The van der Waals surface area contributed by atoms with Gasteiger partial charge in [-0.2, -0.15) is 13.2 Å². The van der Waals surface area contributed by atoms with E-state index >= 15 is 0 Å². The number of benzene rings is 1. The number of urea groups is 1. The second-order valence-corrected chi connectivity index (χ2v) is 7.60. The summed E-state index contributed by atoms with van der Waals surface area (Å²) < 4.78 is 38.2. The van der Waals surface area contributed by atoms with Crippen molar-refractivity contribution >= 4 is 23.3 Å². The van der Waals surface area contributed by atoms with Gasteiger partial charge < -0.3 is 21.3 Å². The van der Waals surface area contributed by atoms with Gasteiger partial charge in [0.25, 0.3) is 5.69 Å². The van der Waals surface area contributed by atoms with Gasteiger partial charge in [0, 0.05) is 38.2 Å². The topological polar surface area (TPSA) is 125 Å². The lowest BCUT2D eigenvalue weighted by atomic mass is 9.96. The standard InChI is InChI=1S/C20H28F3N5O4/c21-20(22,23)14-8-9-16(17(13-14)28(31)32)24-11-12-25-18(29)7-4-10-26-19(30)27-15-5-2-1-3-6-15/h8-9,13,15,24H,1-7,10-12H2,(H,25,29)(H2,26,27,30). The molecule has 2 rings (SSSR count). The Morgan fingerprint density at radius 3 is 2.44 bits per heavy atom. The van der Waals surface area contributed by atoms with Crippen LogP contribution in [0.15, 0.2) is 18.2 Å². The van der Waals surface area contributed by atoms with Gasteiger partial charge in [0.1, 0.15) is 5.69 Å². The summed E-state index contributed by atoms with van der Waals surface area (Å²) in [6, 6.07) is 2.19. The summed E-state index contributed by atoms with van der Waals surface area (Å²) in [5.74, 6) is -0.261. The molecule has 1 aliphatic carbocycles. The zero-order valence-corrected chi connectivity index (χ0v) is 17.6. The van der Waals surface area contributed by atoms with Crippen LogP contribution in [0.1, 0.15) is 50.5 Å². The quantitative estimate of drug-likeness (QED) is 0.242. The van der Waals surface area contributed by atoms with E-state index < -0.39 is 22.4 Å². The van der Waals surface area contributed by atoms with Crippen molar-refractivity contribution in [3.8, 4) is 0 Å². The van der Waals surface area contributed by atoms with Crippen LogP contribution in [0.5, 0.6) is 0 Å². The minimum absolute atomic E-state index is 0.0644. The van der Waals surface area contributed by atoms with Crippen LogP contribution in [-0.4, -0.2) is 42.5 Å². The molecule has 9 nitrogen and oxygen atoms in total. The van der Waals surface area contributed by atoms with Crippen LogP contribution in [0.4, 0.5) is 29.3 Å². The summed E-state index contributed by atoms with van der Waals surface area (Å²) >= 11 is 0. The summed E-state index contributed by atoms with van der Waals surface area (Å²) in [6.45, 7) is 0.578. The molecule has 1 fully saturated rings. The van der Waals surface area contributed by atoms with Gasteiger partial charge >= 0.3 is 12.2 Å². The smallest absolute Gasteiger partial charge is 0.378 e. The van der Waals surface area contributed by atoms with Crippen LogP contribution < -0.4 is 21.3 Å². The number of hydrogen-bond acceptors (Lipinski definition) is 5. The Balaban J connectivity index is 1.63. The monoisotopic (exact) mass is 459 g/mol. The molecule has 0 heterocycles. The molecule has 3 amide bonds. The zero-order valence-electron chi connectivity index (χ0n) is 17.6. The summed E-state index contributed by atoms with van der Waals surface area (Å²) in [6.07, 6.45) is 1.36. The largest absolute Gasteiger partial charge is 0.416 e. The number of carbonyl (C=O) groups excluding carboxylic acids is 2. The van der Waals surface area contributed by atoms with E-state index in [1.807, 2.05) is 0 Å². The number of nitrogens with one attached hydrogen (secondary N) is 4. The van der Waals surface area contributed by atoms with Crippen molar-refractivity contribution < 1.29 is 27.7 Å². The molecule has 0 unspecified atom stereocenters. The van der Waals surface area contributed by atoms with Crippen molar-refractivity contribution in [3.63, 3.8) is 0 Å². The van der Waals surface area contributed by atoms with Crippen LogP contribution in [-0.2, 0) is 11.0 Å². The highest BCUT2D eigenvalue weighted by molar-refractivity contribution is 5.76. The molecule has 0 atom stereocenters. The Morgan fingerprint density at radius 2 is 1.78 bits per heavy atom. The maximum atomic E-state index is 12.7. The van der Waals surface area contributed by atoms with Crippen molar-refractivity contribution in [2.75, 3.05) is 25.0 Å². The molecule has 1 saturated carbocycles. The molecule has 0 aliphatic heterocycles. The molecule has 1 aromatic rings. The SMILES string of the molecule is O=C(CCCNC(=O)NC1CCCCC1)NCCNc1ccc(C(F)(F)F)cc1[N+](=O)[O-]. The van der Waals surface area contributed by atoms with Gasteiger partial charge in [0.2, 0.25) is 5.91 Å². The highest BCUT2D eigenvalue weighted by Gasteiger charge is 2.33. The first kappa shape index (κ1) is 25.2. The lowest BCUT2D eigenvalue weighted by molar-refractivity contribution is -0.384. The first-order chi connectivity index (χ1) is 15.2. The molecular formula is C20H28F3N5O4. The van der Waals surface area contributed by atoms with Crippen LogP contribution in [0.25, 0.3) is 0 Å². The fraction of sp³-hybridized carbons (Fsp3) is 0.600. The summed E-state index contributed by atoms with van der Waals surface area (Å²) in [5.41, 5.74) is -1.86. The number of carbonyl (C=O) groups is 2. The predicted octanol–water partition coefficient (Wildman–Crippen LogP) is 3.55. The van der Waals surface area contributed by atoms with E-state index in [1.54, 1.807) is 0 Å². The normalized spacial score (nSPS) is 14.5. The third-order valence-electron chi connectivity index (χ3n) is 5.09. The molecule has 0 aromatic heterocycles. The minimum atomic E-state index is -4.68. The van der Waals surface area contributed by atoms with Gasteiger partial charge in [-0.25, -0.2) is 4.79 Å². The van der Waals surface area contributed by atoms with Crippen LogP contribution >= 0.6 is 0 Å². The molecule has 1 aliphatic rings. The zero-order chi connectivity index (χ0) is 23.6. The van der Waals surface area contributed by atoms with Crippen molar-refractivity contribution in [3.05, 3.63) is 33.9 Å². The second-order valence-electron chi connectivity index (χ2n) is 7.60. The highest BCUT2D eigenvalue weighted by Crippen LogP contribution is 2.34. The number of halogens is 3. The number of anilines is 1. The molecule has 1 aromatic carbocycles. The van der Waals surface area contributed by atoms with Gasteiger partial charge in [-0.3, -0.25) is 14.9 Å². The number of amides is 3. The molecule has 0 radical (unpaired) electrons. The maximum absolute atomic E-state index is 12.7. The molecule has 0 spiro atoms. The number of rotatable bonds is 10. The summed E-state index contributed by atoms with van der Waals surface area (Å²) in [7, 11) is 0. The van der Waals surface area contributed by atoms with E-state index in [0.29, 0.717) is 19.0 Å². The van der Waals surface area contributed by atoms with Gasteiger partial charge in [0.15, 0.2) is 0 Å². The molecule has 0 bridgehead atoms. The fourth-order valence-corrected chi connectivity index (χ4v) is 3.43. The lowest BCUT2D eigenvalue weighted by Crippen LogP contribution is -2.43. The number of hydrogen-bond donors (Lipinski definition) is 4. The average molecular weight is 459 g/mol. The molecule has 12 heteroatoms. The van der Waals surface area contributed by atoms with E-state index in [4.69, 9.17) is 0 Å². The predicted molar refractivity (Wildman–Crippen MR) is 112 cm³/mol. The molecule has 32 heavy (non-hydrogen) atoms. The Hall–Kier alpha value is -3.05. The van der Waals surface area contributed by atoms with Gasteiger partial charge in [-0.05, 0) is 31.4 Å². The van der Waals surface area contributed by atoms with Gasteiger partial charge in [0.05, 0.1) is 10.5 Å². The van der Waals surface area contributed by atoms with E-state index in [2.05, 4.69) is 21.3 Å². The molecule has 178 valence electrons. The van der Waals surface area contributed by atoms with E-state index in [0.717, 1.165) is 37.8 Å².